The number of hydrogen-bond acceptors (Lipinski definition) is 3. The quantitative estimate of drug-likeness (QED) is 0.156. The fraction of sp³-hybridized carbons (Fsp3) is 1.00. The second-order valence-electron chi connectivity index (χ2n) is 1.23. The Morgan fingerprint density at radius 3 is 2.14 bits per heavy atom. The zero-order valence-electron chi connectivity index (χ0n) is 3.81. The molecule has 0 aromatic heterocycles. The van der Waals surface area contributed by atoms with Crippen molar-refractivity contribution in [2.45, 2.75) is 3.86 Å². The Labute approximate surface area is 55.0 Å². The summed E-state index contributed by atoms with van der Waals surface area (Å²) in [5, 5.41) is 18.2. The molecule has 0 aromatic carbocycles. The predicted molar refractivity (Wildman–Crippen MR) is 33.4 cm³/mol. The third kappa shape index (κ3) is 3.18. The zero-order valence-corrected chi connectivity index (χ0v) is 5.97. The molecule has 0 aliphatic heterocycles. The molecule has 2 atom stereocenters. The number of aliphatic hydroxyl groups is 1. The van der Waals surface area contributed by atoms with Gasteiger partial charge in [0.1, 0.15) is 0 Å². The fourth-order valence-electron chi connectivity index (χ4n) is 0. The first-order valence-electron chi connectivity index (χ1n) is 1.66. The lowest BCUT2D eigenvalue weighted by atomic mass is 11.0. The summed E-state index contributed by atoms with van der Waals surface area (Å²) < 4.78 is -1.67. The monoisotopic (exact) mass is 218 g/mol. The molecule has 0 saturated heterocycles. The number of hydroxylamine groups is 2. The Hall–Kier alpha value is 0.570. The predicted octanol–water partition coefficient (Wildman–Crippen LogP) is -2.00. The number of quaternary nitrogens is 1. The van der Waals surface area contributed by atoms with Crippen molar-refractivity contribution in [2.75, 3.05) is 7.05 Å². The van der Waals surface area contributed by atoms with Crippen LogP contribution in [0.4, 0.5) is 0 Å². The van der Waals surface area contributed by atoms with Crippen molar-refractivity contribution in [3.05, 3.63) is 5.21 Å². The van der Waals surface area contributed by atoms with Crippen LogP contribution in [0.15, 0.2) is 0 Å². The highest BCUT2D eigenvalue weighted by Crippen LogP contribution is 1.92. The second-order valence-corrected chi connectivity index (χ2v) is 2.87. The Kier molecular flexibility index (Phi) is 2.41. The summed E-state index contributed by atoms with van der Waals surface area (Å²) in [7, 11) is 1.23. The molecule has 0 heterocycles. The largest absolute Gasteiger partial charge is 0.631 e. The molecule has 2 unspecified atom stereocenters. The van der Waals surface area contributed by atoms with E-state index >= 15 is 0 Å². The molecule has 0 amide bonds. The third-order valence-electron chi connectivity index (χ3n) is 0.494. The van der Waals surface area contributed by atoms with E-state index in [0.29, 0.717) is 0 Å². The smallest absolute Gasteiger partial charge is 0.308 e. The van der Waals surface area contributed by atoms with Crippen LogP contribution in [0.3, 0.4) is 0 Å². The summed E-state index contributed by atoms with van der Waals surface area (Å²) in [6, 6.07) is 0. The highest BCUT2D eigenvalue weighted by molar-refractivity contribution is 14.1. The second kappa shape index (κ2) is 2.23. The lowest BCUT2D eigenvalue weighted by Gasteiger charge is -2.26. The normalized spacial score (nSPS) is 23.6. The van der Waals surface area contributed by atoms with E-state index in [1.54, 1.807) is 0 Å². The van der Waals surface area contributed by atoms with Crippen LogP contribution in [0.2, 0.25) is 0 Å². The van der Waals surface area contributed by atoms with E-state index in [9.17, 15) is 5.21 Å². The first-order valence-corrected chi connectivity index (χ1v) is 2.73. The van der Waals surface area contributed by atoms with E-state index < -0.39 is 8.92 Å². The first-order chi connectivity index (χ1) is 2.94. The summed E-state index contributed by atoms with van der Waals surface area (Å²) >= 11 is 1.45. The van der Waals surface area contributed by atoms with Gasteiger partial charge in [-0.3, -0.25) is 0 Å². The molecule has 0 rings (SSSR count). The van der Waals surface area contributed by atoms with Crippen molar-refractivity contribution >= 4 is 22.6 Å². The van der Waals surface area contributed by atoms with Gasteiger partial charge in [-0.15, -0.1) is 0 Å². The third-order valence-corrected chi connectivity index (χ3v) is 1.25. The molecular weight excluding hydrogens is 211 g/mol. The van der Waals surface area contributed by atoms with Crippen molar-refractivity contribution in [2.24, 2.45) is 5.73 Å². The maximum Gasteiger partial charge on any atom is 0.308 e. The molecule has 4 N–H and O–H groups in total. The lowest BCUT2D eigenvalue weighted by Crippen LogP contribution is -3.14. The van der Waals surface area contributed by atoms with Gasteiger partial charge in [0, 0.05) is 22.6 Å². The van der Waals surface area contributed by atoms with Gasteiger partial charge in [-0.25, -0.2) is 5.73 Å². The Morgan fingerprint density at radius 2 is 2.14 bits per heavy atom. The molecule has 4 nitrogen and oxygen atoms in total. The summed E-state index contributed by atoms with van der Waals surface area (Å²) in [6.45, 7) is 0. The van der Waals surface area contributed by atoms with Crippen molar-refractivity contribution in [3.63, 3.8) is 0 Å². The number of rotatable bonds is 1. The number of halogens is 1. The Bertz CT molecular complexity index is 59.2. The zero-order chi connectivity index (χ0) is 6.08. The van der Waals surface area contributed by atoms with Gasteiger partial charge in [-0.1, -0.05) is 0 Å². The van der Waals surface area contributed by atoms with Crippen molar-refractivity contribution in [1.29, 1.82) is 0 Å². The average molecular weight is 218 g/mol. The van der Waals surface area contributed by atoms with Gasteiger partial charge in [-0.05, 0) is 0 Å². The summed E-state index contributed by atoms with van der Waals surface area (Å²) in [5.41, 5.74) is 4.87. The molecule has 0 bridgehead atoms. The van der Waals surface area contributed by atoms with Crippen LogP contribution in [0.5, 0.6) is 0 Å². The van der Waals surface area contributed by atoms with Crippen molar-refractivity contribution < 1.29 is 10.2 Å². The number of nitrogens with two attached hydrogens (primary N) is 1. The van der Waals surface area contributed by atoms with Gasteiger partial charge in [0.15, 0.2) is 0 Å². The number of hydrogen-bond donors (Lipinski definition) is 3. The van der Waals surface area contributed by atoms with E-state index in [-0.39, 0.29) is 0 Å². The fourth-order valence-corrected chi connectivity index (χ4v) is 0. The summed E-state index contributed by atoms with van der Waals surface area (Å²) in [6.07, 6.45) is 0. The SMILES string of the molecule is C[NH+]([O-])C(N)(O)I. The van der Waals surface area contributed by atoms with Crippen LogP contribution >= 0.6 is 22.6 Å². The maximum absolute atomic E-state index is 10.1. The maximum atomic E-state index is 10.1. The van der Waals surface area contributed by atoms with Crippen LogP contribution in [0.25, 0.3) is 0 Å². The molecule has 0 radical (unpaired) electrons. The van der Waals surface area contributed by atoms with Crippen LogP contribution in [0.1, 0.15) is 0 Å². The van der Waals surface area contributed by atoms with Gasteiger partial charge in [0.2, 0.25) is 0 Å². The minimum atomic E-state index is -1.67. The van der Waals surface area contributed by atoms with Gasteiger partial charge >= 0.3 is 3.86 Å². The average Bonchev–Trinajstić information content (AvgIpc) is 1.31. The molecule has 0 aliphatic carbocycles. The highest BCUT2D eigenvalue weighted by Gasteiger charge is 2.19. The van der Waals surface area contributed by atoms with Gasteiger partial charge in [0.05, 0.1) is 7.05 Å². The van der Waals surface area contributed by atoms with Crippen LogP contribution in [0, 0.1) is 5.21 Å². The first kappa shape index (κ1) is 7.57. The van der Waals surface area contributed by atoms with Gasteiger partial charge in [0.25, 0.3) is 0 Å². The van der Waals surface area contributed by atoms with Crippen LogP contribution in [-0.2, 0) is 0 Å². The number of alkyl halides is 1. The molecule has 7 heavy (non-hydrogen) atoms. The summed E-state index contributed by atoms with van der Waals surface area (Å²) in [4.78, 5) is 0. The van der Waals surface area contributed by atoms with Gasteiger partial charge < -0.3 is 15.4 Å². The minimum absolute atomic E-state index is 0.437. The van der Waals surface area contributed by atoms with E-state index in [2.05, 4.69) is 0 Å². The molecule has 0 aromatic rings. The van der Waals surface area contributed by atoms with E-state index in [0.717, 1.165) is 0 Å². The van der Waals surface area contributed by atoms with Crippen molar-refractivity contribution in [3.8, 4) is 0 Å². The molecular formula is C2H7IN2O2. The molecule has 44 valence electrons. The van der Waals surface area contributed by atoms with E-state index in [1.165, 1.54) is 29.6 Å². The van der Waals surface area contributed by atoms with E-state index in [4.69, 9.17) is 10.8 Å². The molecule has 5 heteroatoms. The highest BCUT2D eigenvalue weighted by atomic mass is 127. The molecule has 0 saturated carbocycles. The topological polar surface area (TPSA) is 73.8 Å². The van der Waals surface area contributed by atoms with Crippen LogP contribution < -0.4 is 10.8 Å². The minimum Gasteiger partial charge on any atom is -0.631 e. The number of nitrogens with one attached hydrogen (secondary N) is 1. The lowest BCUT2D eigenvalue weighted by molar-refractivity contribution is -0.887. The Morgan fingerprint density at radius 1 is 2.00 bits per heavy atom. The molecule has 0 spiro atoms. The van der Waals surface area contributed by atoms with Crippen molar-refractivity contribution in [1.82, 2.24) is 0 Å². The van der Waals surface area contributed by atoms with E-state index in [1.807, 2.05) is 0 Å². The summed E-state index contributed by atoms with van der Waals surface area (Å²) in [5.74, 6) is 0. The standard InChI is InChI=1S/C2H7IN2O2/c1-5(7)2(3,4)6/h5-6H,4H2,1H3. The molecule has 0 aliphatic rings. The van der Waals surface area contributed by atoms with Crippen LogP contribution in [-0.4, -0.2) is 16.0 Å². The van der Waals surface area contributed by atoms with Gasteiger partial charge in [-0.2, -0.15) is 0 Å². The molecule has 0 fully saturated rings. The Balaban J connectivity index is 3.54.